The number of aliphatic hydroxyl groups is 1. The van der Waals surface area contributed by atoms with Gasteiger partial charge in [0.2, 0.25) is 0 Å². The van der Waals surface area contributed by atoms with Crippen molar-refractivity contribution in [2.24, 2.45) is 0 Å². The minimum Gasteiger partial charge on any atom is -0.504 e. The van der Waals surface area contributed by atoms with Crippen molar-refractivity contribution in [1.29, 1.82) is 0 Å². The van der Waals surface area contributed by atoms with Crippen LogP contribution in [0.5, 0.6) is 34.5 Å². The molecule has 256 valence electrons. The molecule has 8 N–H and O–H groups in total. The van der Waals surface area contributed by atoms with Crippen LogP contribution in [0.15, 0.2) is 72.8 Å². The Morgan fingerprint density at radius 1 is 0.551 bits per heavy atom. The average Bonchev–Trinajstić information content (AvgIpc) is 3.04. The largest absolute Gasteiger partial charge is 0.504 e. The van der Waals surface area contributed by atoms with E-state index >= 15 is 0 Å². The number of hydrogen-bond donors (Lipinski definition) is 8. The molecule has 1 fully saturated rings. The lowest BCUT2D eigenvalue weighted by Gasteiger charge is -2.41. The summed E-state index contributed by atoms with van der Waals surface area (Å²) in [7, 11) is 0. The molecule has 0 aliphatic heterocycles. The fourth-order valence-electron chi connectivity index (χ4n) is 4.74. The SMILES string of the molecule is O=C(/C=C/c1ccc(O)c(O)c1)OC1CC(O)(C(=O)O)C[C@H](OC(=O)/C=C/c2ccc(O)c(O)c2)C1OC(=O)/C=C/c1ccc(O)c(O)c1. The summed E-state index contributed by atoms with van der Waals surface area (Å²) in [6.07, 6.45) is -0.436. The first-order chi connectivity index (χ1) is 23.1. The molecule has 3 aromatic rings. The standard InChI is InChI=1S/C34H30O15/c35-21-7-1-18(13-24(21)38)4-10-29(41)47-27-16-34(46,33(44)45)17-28(48-30(42)11-5-19-2-8-22(36)25(39)14-19)32(27)49-31(43)12-6-20-3-9-23(37)26(40)15-20/h1-15,27-28,32,35-40,46H,16-17H2,(H,44,45)/b10-4+,11-5+,12-6+/t27-,28?,32?,34?/m0/s1. The zero-order chi connectivity index (χ0) is 35.9. The van der Waals surface area contributed by atoms with E-state index in [0.717, 1.165) is 48.6 Å². The number of ether oxygens (including phenoxy) is 3. The summed E-state index contributed by atoms with van der Waals surface area (Å²) < 4.78 is 16.3. The number of phenols is 6. The van der Waals surface area contributed by atoms with E-state index in [-0.39, 0.29) is 16.7 Å². The number of aromatic hydroxyl groups is 6. The Hall–Kier alpha value is -6.48. The molecule has 0 amide bonds. The predicted molar refractivity (Wildman–Crippen MR) is 168 cm³/mol. The lowest BCUT2D eigenvalue weighted by atomic mass is 9.79. The molecule has 1 aliphatic carbocycles. The van der Waals surface area contributed by atoms with Crippen LogP contribution >= 0.6 is 0 Å². The molecule has 4 rings (SSSR count). The Morgan fingerprint density at radius 3 is 1.18 bits per heavy atom. The number of carboxylic acids is 1. The lowest BCUT2D eigenvalue weighted by Crippen LogP contribution is -2.59. The summed E-state index contributed by atoms with van der Waals surface area (Å²) in [6, 6.07) is 11.0. The molecule has 0 aromatic heterocycles. The number of esters is 3. The molecular formula is C34H30O15. The summed E-state index contributed by atoms with van der Waals surface area (Å²) in [4.78, 5) is 50.8. The number of phenolic OH excluding ortho intramolecular Hbond substituents is 6. The molecule has 3 unspecified atom stereocenters. The molecule has 4 atom stereocenters. The Kier molecular flexibility index (Phi) is 10.8. The zero-order valence-corrected chi connectivity index (χ0v) is 25.2. The van der Waals surface area contributed by atoms with Gasteiger partial charge in [0, 0.05) is 31.1 Å². The van der Waals surface area contributed by atoms with Gasteiger partial charge in [0.25, 0.3) is 0 Å². The monoisotopic (exact) mass is 678 g/mol. The number of carbonyl (C=O) groups is 4. The molecule has 1 aliphatic rings. The van der Waals surface area contributed by atoms with Crippen LogP contribution in [-0.4, -0.2) is 88.6 Å². The molecule has 0 radical (unpaired) electrons. The van der Waals surface area contributed by atoms with Crippen molar-refractivity contribution < 1.29 is 74.2 Å². The van der Waals surface area contributed by atoms with E-state index < -0.39 is 95.1 Å². The van der Waals surface area contributed by atoms with Gasteiger partial charge in [-0.2, -0.15) is 0 Å². The third-order valence-corrected chi connectivity index (χ3v) is 7.23. The highest BCUT2D eigenvalue weighted by Gasteiger charge is 2.54. The van der Waals surface area contributed by atoms with E-state index in [1.54, 1.807) is 0 Å². The minimum absolute atomic E-state index is 0.256. The molecule has 0 saturated heterocycles. The van der Waals surface area contributed by atoms with Gasteiger partial charge in [0.1, 0.15) is 12.2 Å². The highest BCUT2D eigenvalue weighted by Crippen LogP contribution is 2.36. The van der Waals surface area contributed by atoms with Crippen molar-refractivity contribution in [1.82, 2.24) is 0 Å². The maximum absolute atomic E-state index is 12.9. The van der Waals surface area contributed by atoms with Crippen molar-refractivity contribution in [3.63, 3.8) is 0 Å². The number of hydrogen-bond acceptors (Lipinski definition) is 14. The summed E-state index contributed by atoms with van der Waals surface area (Å²) in [5.74, 6) is -7.71. The van der Waals surface area contributed by atoms with Gasteiger partial charge in [-0.25, -0.2) is 19.2 Å². The van der Waals surface area contributed by atoms with Crippen LogP contribution in [0.4, 0.5) is 0 Å². The lowest BCUT2D eigenvalue weighted by molar-refractivity contribution is -0.211. The topological polar surface area (TPSA) is 258 Å². The van der Waals surface area contributed by atoms with E-state index in [9.17, 15) is 60.0 Å². The van der Waals surface area contributed by atoms with Crippen LogP contribution in [0.1, 0.15) is 29.5 Å². The third-order valence-electron chi connectivity index (χ3n) is 7.23. The smallest absolute Gasteiger partial charge is 0.335 e. The Morgan fingerprint density at radius 2 is 0.878 bits per heavy atom. The van der Waals surface area contributed by atoms with Crippen LogP contribution < -0.4 is 0 Å². The van der Waals surface area contributed by atoms with Gasteiger partial charge in [-0.15, -0.1) is 0 Å². The quantitative estimate of drug-likeness (QED) is 0.0664. The molecule has 0 bridgehead atoms. The second-order valence-corrected chi connectivity index (χ2v) is 10.8. The van der Waals surface area contributed by atoms with Gasteiger partial charge in [-0.3, -0.25) is 0 Å². The first-order valence-electron chi connectivity index (χ1n) is 14.3. The first kappa shape index (κ1) is 35.4. The second kappa shape index (κ2) is 15.0. The van der Waals surface area contributed by atoms with E-state index in [2.05, 4.69) is 0 Å². The summed E-state index contributed by atoms with van der Waals surface area (Å²) in [6.45, 7) is 0. The number of aliphatic carboxylic acids is 1. The molecule has 1 saturated carbocycles. The van der Waals surface area contributed by atoms with Crippen LogP contribution in [0.3, 0.4) is 0 Å². The van der Waals surface area contributed by atoms with E-state index in [4.69, 9.17) is 14.2 Å². The molecule has 15 nitrogen and oxygen atoms in total. The molecule has 3 aromatic carbocycles. The van der Waals surface area contributed by atoms with E-state index in [1.165, 1.54) is 42.5 Å². The Bertz CT molecular complexity index is 1760. The van der Waals surface area contributed by atoms with Crippen molar-refractivity contribution in [3.05, 3.63) is 89.5 Å². The average molecular weight is 679 g/mol. The fraction of sp³-hybridized carbons (Fsp3) is 0.176. The molecule has 0 heterocycles. The van der Waals surface area contributed by atoms with Crippen molar-refractivity contribution in [2.45, 2.75) is 36.8 Å². The van der Waals surface area contributed by atoms with Crippen molar-refractivity contribution in [2.75, 3.05) is 0 Å². The van der Waals surface area contributed by atoms with Crippen LogP contribution in [0.25, 0.3) is 18.2 Å². The van der Waals surface area contributed by atoms with Crippen molar-refractivity contribution >= 4 is 42.1 Å². The second-order valence-electron chi connectivity index (χ2n) is 10.8. The first-order valence-corrected chi connectivity index (χ1v) is 14.3. The summed E-state index contributed by atoms with van der Waals surface area (Å²) in [5.41, 5.74) is -1.85. The van der Waals surface area contributed by atoms with Gasteiger partial charge in [0.05, 0.1) is 0 Å². The van der Waals surface area contributed by atoms with Gasteiger partial charge in [0.15, 0.2) is 46.2 Å². The number of carboxylic acid groups (broad SMARTS) is 1. The van der Waals surface area contributed by atoms with E-state index in [0.29, 0.717) is 0 Å². The fourth-order valence-corrected chi connectivity index (χ4v) is 4.74. The van der Waals surface area contributed by atoms with Gasteiger partial charge >= 0.3 is 23.9 Å². The van der Waals surface area contributed by atoms with E-state index in [1.807, 2.05) is 0 Å². The number of benzene rings is 3. The van der Waals surface area contributed by atoms with Gasteiger partial charge in [-0.1, -0.05) is 18.2 Å². The molecule has 49 heavy (non-hydrogen) atoms. The predicted octanol–water partition coefficient (Wildman–Crippen LogP) is 2.71. The maximum Gasteiger partial charge on any atom is 0.335 e. The summed E-state index contributed by atoms with van der Waals surface area (Å²) >= 11 is 0. The van der Waals surface area contributed by atoms with Crippen LogP contribution in [0, 0.1) is 0 Å². The van der Waals surface area contributed by atoms with Gasteiger partial charge < -0.3 is 55.1 Å². The normalized spacial score (nSPS) is 20.7. The molecule has 0 spiro atoms. The molecule has 15 heteroatoms. The maximum atomic E-state index is 12.9. The summed E-state index contributed by atoms with van der Waals surface area (Å²) in [5, 5.41) is 78.4. The van der Waals surface area contributed by atoms with Crippen molar-refractivity contribution in [3.8, 4) is 34.5 Å². The Labute approximate surface area is 277 Å². The van der Waals surface area contributed by atoms with Crippen LogP contribution in [0.2, 0.25) is 0 Å². The highest BCUT2D eigenvalue weighted by atomic mass is 16.6. The van der Waals surface area contributed by atoms with Crippen LogP contribution in [-0.2, 0) is 33.4 Å². The third kappa shape index (κ3) is 9.30. The number of carbonyl (C=O) groups excluding carboxylic acids is 3. The number of rotatable bonds is 10. The zero-order valence-electron chi connectivity index (χ0n) is 25.2. The molecular weight excluding hydrogens is 648 g/mol. The van der Waals surface area contributed by atoms with Gasteiger partial charge in [-0.05, 0) is 71.3 Å². The Balaban J connectivity index is 1.62. The highest BCUT2D eigenvalue weighted by molar-refractivity contribution is 5.89. The minimum atomic E-state index is -2.63.